The van der Waals surface area contributed by atoms with Crippen molar-refractivity contribution in [1.82, 2.24) is 9.88 Å². The number of carbonyl (C=O) groups is 1. The van der Waals surface area contributed by atoms with E-state index in [0.29, 0.717) is 23.1 Å². The summed E-state index contributed by atoms with van der Waals surface area (Å²) >= 11 is 0. The van der Waals surface area contributed by atoms with Gasteiger partial charge < -0.3 is 9.73 Å². The van der Waals surface area contributed by atoms with Crippen molar-refractivity contribution in [1.29, 1.82) is 0 Å². The Morgan fingerprint density at radius 3 is 2.86 bits per heavy atom. The molecule has 1 aromatic carbocycles. The largest absolute Gasteiger partial charge is 0.419 e. The Hall–Kier alpha value is -2.09. The van der Waals surface area contributed by atoms with Gasteiger partial charge >= 0.3 is 5.76 Å². The first kappa shape index (κ1) is 13.9. The third-order valence-electron chi connectivity index (χ3n) is 3.62. The molecule has 1 fully saturated rings. The van der Waals surface area contributed by atoms with E-state index in [4.69, 9.17) is 4.42 Å². The van der Waals surface area contributed by atoms with Crippen molar-refractivity contribution < 1.29 is 17.6 Å². The topological polar surface area (TPSA) is 98.4 Å². The van der Waals surface area contributed by atoms with Crippen LogP contribution >= 0.6 is 0 Å². The second-order valence-electron chi connectivity index (χ2n) is 5.18. The number of hydrogen-bond acceptors (Lipinski definition) is 5. The number of sulfone groups is 1. The molecule has 1 amide bonds. The number of nitrogens with one attached hydrogen (secondary N) is 1. The molecule has 21 heavy (non-hydrogen) atoms. The number of nitrogens with zero attached hydrogens (tertiary/aromatic N) is 1. The van der Waals surface area contributed by atoms with Gasteiger partial charge in [-0.2, -0.15) is 0 Å². The molecule has 1 unspecified atom stereocenters. The molecular weight excluding hydrogens is 296 g/mol. The Morgan fingerprint density at radius 2 is 2.19 bits per heavy atom. The van der Waals surface area contributed by atoms with E-state index in [2.05, 4.69) is 5.32 Å². The fourth-order valence-corrected chi connectivity index (χ4v) is 4.13. The number of fused-ring (bicyclic) bond motifs is 1. The Labute approximate surface area is 120 Å². The van der Waals surface area contributed by atoms with Crippen molar-refractivity contribution in [3.05, 3.63) is 34.3 Å². The van der Waals surface area contributed by atoms with Crippen LogP contribution in [0.25, 0.3) is 11.1 Å². The van der Waals surface area contributed by atoms with E-state index in [9.17, 15) is 18.0 Å². The minimum atomic E-state index is -3.04. The quantitative estimate of drug-likeness (QED) is 0.845. The molecule has 1 N–H and O–H groups in total. The molecule has 1 aliphatic heterocycles. The molecule has 1 aromatic heterocycles. The zero-order valence-corrected chi connectivity index (χ0v) is 12.1. The fraction of sp³-hybridized carbons (Fsp3) is 0.385. The van der Waals surface area contributed by atoms with E-state index in [-0.39, 0.29) is 23.5 Å². The molecule has 7 nitrogen and oxygen atoms in total. The van der Waals surface area contributed by atoms with Crippen molar-refractivity contribution in [2.75, 3.05) is 11.5 Å². The lowest BCUT2D eigenvalue weighted by Crippen LogP contribution is -2.35. The highest BCUT2D eigenvalue weighted by molar-refractivity contribution is 7.91. The molecule has 3 rings (SSSR count). The average Bonchev–Trinajstić information content (AvgIpc) is 2.90. The van der Waals surface area contributed by atoms with Crippen LogP contribution < -0.4 is 11.1 Å². The number of amides is 1. The van der Waals surface area contributed by atoms with E-state index in [1.807, 2.05) is 0 Å². The summed E-state index contributed by atoms with van der Waals surface area (Å²) < 4.78 is 29.1. The lowest BCUT2D eigenvalue weighted by molar-refractivity contribution is 0.0941. The highest BCUT2D eigenvalue weighted by atomic mass is 32.2. The second-order valence-corrected chi connectivity index (χ2v) is 7.41. The maximum Gasteiger partial charge on any atom is 0.419 e. The van der Waals surface area contributed by atoms with Gasteiger partial charge in [0.25, 0.3) is 5.91 Å². The van der Waals surface area contributed by atoms with Crippen LogP contribution in [-0.4, -0.2) is 36.4 Å². The van der Waals surface area contributed by atoms with E-state index in [1.165, 1.54) is 10.6 Å². The molecule has 0 bridgehead atoms. The van der Waals surface area contributed by atoms with Crippen molar-refractivity contribution in [3.63, 3.8) is 0 Å². The molecule has 0 saturated carbocycles. The Balaban J connectivity index is 1.83. The highest BCUT2D eigenvalue weighted by Gasteiger charge is 2.29. The van der Waals surface area contributed by atoms with Crippen molar-refractivity contribution in [3.8, 4) is 0 Å². The summed E-state index contributed by atoms with van der Waals surface area (Å²) in [6.07, 6.45) is 0.427. The molecule has 2 heterocycles. The number of hydrogen-bond donors (Lipinski definition) is 1. The second kappa shape index (κ2) is 4.73. The van der Waals surface area contributed by atoms with Crippen LogP contribution in [0.15, 0.2) is 27.4 Å². The highest BCUT2D eigenvalue weighted by Crippen LogP contribution is 2.16. The molecule has 112 valence electrons. The van der Waals surface area contributed by atoms with Gasteiger partial charge in [-0.3, -0.25) is 9.36 Å². The number of benzene rings is 1. The van der Waals surface area contributed by atoms with Crippen LogP contribution in [0.1, 0.15) is 16.8 Å². The van der Waals surface area contributed by atoms with Crippen LogP contribution in [-0.2, 0) is 16.9 Å². The predicted molar refractivity (Wildman–Crippen MR) is 76.0 cm³/mol. The SMILES string of the molecule is Cn1c(=O)oc2cc(C(=O)NC3CCS(=O)(=O)C3)ccc21. The Bertz CT molecular complexity index is 878. The molecule has 0 radical (unpaired) electrons. The standard InChI is InChI=1S/C13H14N2O5S/c1-15-10-3-2-8(6-11(10)20-13(15)17)12(16)14-9-4-5-21(18,19)7-9/h2-3,6,9H,4-5,7H2,1H3,(H,14,16). The van der Waals surface area contributed by atoms with E-state index in [1.54, 1.807) is 19.2 Å². The number of aromatic nitrogens is 1. The van der Waals surface area contributed by atoms with Gasteiger partial charge in [0.15, 0.2) is 15.4 Å². The van der Waals surface area contributed by atoms with Crippen molar-refractivity contribution >= 4 is 26.8 Å². The summed E-state index contributed by atoms with van der Waals surface area (Å²) in [7, 11) is -1.46. The molecule has 1 aliphatic rings. The van der Waals surface area contributed by atoms with Gasteiger partial charge in [-0.25, -0.2) is 13.2 Å². The minimum Gasteiger partial charge on any atom is -0.408 e. The first-order valence-corrected chi connectivity index (χ1v) is 8.29. The minimum absolute atomic E-state index is 0.0264. The van der Waals surface area contributed by atoms with Crippen LogP contribution in [0.3, 0.4) is 0 Å². The molecule has 1 saturated heterocycles. The summed E-state index contributed by atoms with van der Waals surface area (Å²) in [6, 6.07) is 4.33. The predicted octanol–water partition coefficient (Wildman–Crippen LogP) is 0.0484. The summed E-state index contributed by atoms with van der Waals surface area (Å²) in [4.78, 5) is 23.5. The third kappa shape index (κ3) is 2.58. The average molecular weight is 310 g/mol. The molecule has 0 spiro atoms. The Kier molecular flexibility index (Phi) is 3.12. The summed E-state index contributed by atoms with van der Waals surface area (Å²) in [5, 5.41) is 2.69. The van der Waals surface area contributed by atoms with Gasteiger partial charge in [-0.15, -0.1) is 0 Å². The molecule has 0 aliphatic carbocycles. The van der Waals surface area contributed by atoms with Crippen LogP contribution in [0.5, 0.6) is 0 Å². The monoisotopic (exact) mass is 310 g/mol. The lowest BCUT2D eigenvalue weighted by Gasteiger charge is -2.10. The summed E-state index contributed by atoms with van der Waals surface area (Å²) in [5.74, 6) is -0.790. The zero-order valence-electron chi connectivity index (χ0n) is 11.3. The van der Waals surface area contributed by atoms with Gasteiger partial charge in [0.2, 0.25) is 0 Å². The van der Waals surface area contributed by atoms with Crippen molar-refractivity contribution in [2.45, 2.75) is 12.5 Å². The van der Waals surface area contributed by atoms with Gasteiger partial charge in [-0.1, -0.05) is 0 Å². The number of aryl methyl sites for hydroxylation is 1. The fourth-order valence-electron chi connectivity index (χ4n) is 2.45. The number of oxazole rings is 1. The number of rotatable bonds is 2. The molecule has 1 atom stereocenters. The molecule has 8 heteroatoms. The van der Waals surface area contributed by atoms with E-state index >= 15 is 0 Å². The maximum atomic E-state index is 12.1. The zero-order chi connectivity index (χ0) is 15.2. The lowest BCUT2D eigenvalue weighted by atomic mass is 10.1. The smallest absolute Gasteiger partial charge is 0.408 e. The number of carbonyl (C=O) groups excluding carboxylic acids is 1. The molecule has 2 aromatic rings. The van der Waals surface area contributed by atoms with Gasteiger partial charge in [0.05, 0.1) is 17.0 Å². The first-order chi connectivity index (χ1) is 9.85. The van der Waals surface area contributed by atoms with Crippen LogP contribution in [0, 0.1) is 0 Å². The maximum absolute atomic E-state index is 12.1. The normalized spacial score (nSPS) is 20.7. The van der Waals surface area contributed by atoms with Crippen LogP contribution in [0.2, 0.25) is 0 Å². The summed E-state index contributed by atoms with van der Waals surface area (Å²) in [6.45, 7) is 0. The van der Waals surface area contributed by atoms with Gasteiger partial charge in [-0.05, 0) is 24.6 Å². The van der Waals surface area contributed by atoms with Crippen molar-refractivity contribution in [2.24, 2.45) is 7.05 Å². The molecular formula is C13H14N2O5S. The summed E-state index contributed by atoms with van der Waals surface area (Å²) in [5.41, 5.74) is 1.26. The van der Waals surface area contributed by atoms with Crippen LogP contribution in [0.4, 0.5) is 0 Å². The van der Waals surface area contributed by atoms with Gasteiger partial charge in [0.1, 0.15) is 0 Å². The Morgan fingerprint density at radius 1 is 1.43 bits per heavy atom. The van der Waals surface area contributed by atoms with E-state index in [0.717, 1.165) is 0 Å². The third-order valence-corrected chi connectivity index (χ3v) is 5.39. The first-order valence-electron chi connectivity index (χ1n) is 6.46. The van der Waals surface area contributed by atoms with Gasteiger partial charge in [0, 0.05) is 18.7 Å². The van der Waals surface area contributed by atoms with E-state index < -0.39 is 15.6 Å².